The Kier molecular flexibility index (Phi) is 6.18. The summed E-state index contributed by atoms with van der Waals surface area (Å²) in [5.74, 6) is -0.511. The number of hydrogen-bond donors (Lipinski definition) is 1. The molecule has 0 atom stereocenters. The molecule has 2 heterocycles. The van der Waals surface area contributed by atoms with Gasteiger partial charge in [-0.2, -0.15) is 5.10 Å². The van der Waals surface area contributed by atoms with Crippen LogP contribution in [0.2, 0.25) is 0 Å². The maximum absolute atomic E-state index is 13.1. The van der Waals surface area contributed by atoms with Crippen molar-refractivity contribution >= 4 is 17.7 Å². The van der Waals surface area contributed by atoms with Crippen molar-refractivity contribution in [3.63, 3.8) is 0 Å². The molecular formula is C25H27FN4O3. The Morgan fingerprint density at radius 2 is 1.88 bits per heavy atom. The zero-order chi connectivity index (χ0) is 23.6. The summed E-state index contributed by atoms with van der Waals surface area (Å²) >= 11 is 0. The monoisotopic (exact) mass is 450 g/mol. The molecule has 1 N–H and O–H groups in total. The van der Waals surface area contributed by atoms with Gasteiger partial charge in [-0.3, -0.25) is 9.48 Å². The van der Waals surface area contributed by atoms with Crippen molar-refractivity contribution in [2.75, 3.05) is 11.9 Å². The second-order valence-electron chi connectivity index (χ2n) is 9.14. The van der Waals surface area contributed by atoms with Gasteiger partial charge in [0.1, 0.15) is 11.4 Å². The fourth-order valence-corrected chi connectivity index (χ4v) is 3.67. The van der Waals surface area contributed by atoms with Gasteiger partial charge in [-0.05, 0) is 68.1 Å². The number of anilines is 1. The van der Waals surface area contributed by atoms with Gasteiger partial charge in [0, 0.05) is 24.8 Å². The average molecular weight is 451 g/mol. The molecule has 0 radical (unpaired) electrons. The van der Waals surface area contributed by atoms with Crippen molar-refractivity contribution in [3.05, 3.63) is 82.9 Å². The Bertz CT molecular complexity index is 1170. The first-order chi connectivity index (χ1) is 15.7. The Morgan fingerprint density at radius 1 is 1.12 bits per heavy atom. The normalized spacial score (nSPS) is 13.4. The molecule has 1 aromatic heterocycles. The Hall–Kier alpha value is -3.68. The van der Waals surface area contributed by atoms with Crippen LogP contribution in [-0.4, -0.2) is 38.8 Å². The highest BCUT2D eigenvalue weighted by Crippen LogP contribution is 2.23. The molecule has 33 heavy (non-hydrogen) atoms. The van der Waals surface area contributed by atoms with Crippen molar-refractivity contribution in [2.45, 2.75) is 45.9 Å². The predicted molar refractivity (Wildman–Crippen MR) is 122 cm³/mol. The Morgan fingerprint density at radius 3 is 2.61 bits per heavy atom. The molecule has 7 nitrogen and oxygen atoms in total. The molecule has 8 heteroatoms. The number of rotatable bonds is 4. The summed E-state index contributed by atoms with van der Waals surface area (Å²) in [6.07, 6.45) is 3.65. The predicted octanol–water partition coefficient (Wildman–Crippen LogP) is 4.62. The van der Waals surface area contributed by atoms with E-state index in [1.807, 2.05) is 32.9 Å². The van der Waals surface area contributed by atoms with E-state index in [4.69, 9.17) is 4.74 Å². The molecule has 0 bridgehead atoms. The fourth-order valence-electron chi connectivity index (χ4n) is 3.67. The second kappa shape index (κ2) is 9.05. The standard InChI is InChI=1S/C25H27FN4O3/c1-25(2,3)33-24(32)29-11-10-18-12-19(6-7-20(18)15-29)23(31)28-22-13-27-30(16-22)14-17-4-8-21(26)9-5-17/h4-9,12-13,16H,10-11,14-15H2,1-3H3,(H,28,31). The van der Waals surface area contributed by atoms with Crippen LogP contribution in [0.1, 0.15) is 47.8 Å². The van der Waals surface area contributed by atoms with E-state index >= 15 is 0 Å². The highest BCUT2D eigenvalue weighted by atomic mass is 19.1. The minimum absolute atomic E-state index is 0.228. The Balaban J connectivity index is 1.38. The van der Waals surface area contributed by atoms with Crippen LogP contribution in [0.5, 0.6) is 0 Å². The molecule has 3 aromatic rings. The van der Waals surface area contributed by atoms with Crippen molar-refractivity contribution in [2.24, 2.45) is 0 Å². The van der Waals surface area contributed by atoms with Crippen molar-refractivity contribution < 1.29 is 18.7 Å². The zero-order valence-corrected chi connectivity index (χ0v) is 19.0. The summed E-state index contributed by atoms with van der Waals surface area (Å²) in [5, 5.41) is 7.13. The van der Waals surface area contributed by atoms with Gasteiger partial charge in [0.15, 0.2) is 0 Å². The van der Waals surface area contributed by atoms with Gasteiger partial charge in [-0.15, -0.1) is 0 Å². The molecule has 0 spiro atoms. The number of amides is 2. The van der Waals surface area contributed by atoms with Gasteiger partial charge in [-0.1, -0.05) is 18.2 Å². The van der Waals surface area contributed by atoms with Gasteiger partial charge in [0.25, 0.3) is 5.91 Å². The fraction of sp³-hybridized carbons (Fsp3) is 0.320. The molecule has 0 fully saturated rings. The molecule has 1 aliphatic heterocycles. The molecule has 0 unspecified atom stereocenters. The lowest BCUT2D eigenvalue weighted by atomic mass is 9.97. The topological polar surface area (TPSA) is 76.5 Å². The van der Waals surface area contributed by atoms with E-state index in [0.29, 0.717) is 37.3 Å². The quantitative estimate of drug-likeness (QED) is 0.630. The molecule has 0 saturated carbocycles. The maximum atomic E-state index is 13.1. The molecule has 2 amide bonds. The van der Waals surface area contributed by atoms with Crippen LogP contribution in [0.4, 0.5) is 14.9 Å². The molecule has 4 rings (SSSR count). The van der Waals surface area contributed by atoms with Gasteiger partial charge >= 0.3 is 6.09 Å². The summed E-state index contributed by atoms with van der Waals surface area (Å²) in [5.41, 5.74) is 3.56. The van der Waals surface area contributed by atoms with Crippen LogP contribution in [0.15, 0.2) is 54.9 Å². The third-order valence-corrected chi connectivity index (χ3v) is 5.28. The third kappa shape index (κ3) is 5.77. The summed E-state index contributed by atoms with van der Waals surface area (Å²) < 4.78 is 20.2. The van der Waals surface area contributed by atoms with Crippen LogP contribution >= 0.6 is 0 Å². The van der Waals surface area contributed by atoms with E-state index < -0.39 is 5.60 Å². The summed E-state index contributed by atoms with van der Waals surface area (Å²) in [7, 11) is 0. The smallest absolute Gasteiger partial charge is 0.410 e. The number of carbonyl (C=O) groups is 2. The average Bonchev–Trinajstić information content (AvgIpc) is 3.20. The van der Waals surface area contributed by atoms with E-state index in [1.54, 1.807) is 40.2 Å². The first kappa shape index (κ1) is 22.5. The number of carbonyl (C=O) groups excluding carboxylic acids is 2. The largest absolute Gasteiger partial charge is 0.444 e. The van der Waals surface area contributed by atoms with E-state index in [-0.39, 0.29) is 17.8 Å². The number of fused-ring (bicyclic) bond motifs is 1. The van der Waals surface area contributed by atoms with Crippen molar-refractivity contribution in [1.82, 2.24) is 14.7 Å². The number of halogens is 1. The summed E-state index contributed by atoms with van der Waals surface area (Å²) in [4.78, 5) is 26.8. The maximum Gasteiger partial charge on any atom is 0.410 e. The number of aromatic nitrogens is 2. The minimum Gasteiger partial charge on any atom is -0.444 e. The number of nitrogens with one attached hydrogen (secondary N) is 1. The minimum atomic E-state index is -0.536. The first-order valence-electron chi connectivity index (χ1n) is 10.8. The van der Waals surface area contributed by atoms with Crippen LogP contribution in [0.25, 0.3) is 0 Å². The highest BCUT2D eigenvalue weighted by Gasteiger charge is 2.26. The van der Waals surface area contributed by atoms with Crippen LogP contribution in [-0.2, 0) is 24.2 Å². The second-order valence-corrected chi connectivity index (χ2v) is 9.14. The molecule has 1 aliphatic rings. The van der Waals surface area contributed by atoms with Gasteiger partial charge < -0.3 is 15.0 Å². The number of ether oxygens (including phenoxy) is 1. The third-order valence-electron chi connectivity index (χ3n) is 5.28. The molecular weight excluding hydrogens is 423 g/mol. The SMILES string of the molecule is CC(C)(C)OC(=O)N1CCc2cc(C(=O)Nc3cnn(Cc4ccc(F)cc4)c3)ccc2C1. The number of benzene rings is 2. The summed E-state index contributed by atoms with van der Waals surface area (Å²) in [6, 6.07) is 11.7. The van der Waals surface area contributed by atoms with E-state index in [2.05, 4.69) is 10.4 Å². The number of nitrogens with zero attached hydrogens (tertiary/aromatic N) is 3. The molecule has 2 aromatic carbocycles. The highest BCUT2D eigenvalue weighted by molar-refractivity contribution is 6.04. The van der Waals surface area contributed by atoms with E-state index in [9.17, 15) is 14.0 Å². The zero-order valence-electron chi connectivity index (χ0n) is 19.0. The van der Waals surface area contributed by atoms with Gasteiger partial charge in [0.2, 0.25) is 0 Å². The van der Waals surface area contributed by atoms with Crippen LogP contribution < -0.4 is 5.32 Å². The van der Waals surface area contributed by atoms with Gasteiger partial charge in [-0.25, -0.2) is 9.18 Å². The van der Waals surface area contributed by atoms with Crippen molar-refractivity contribution in [3.8, 4) is 0 Å². The van der Waals surface area contributed by atoms with E-state index in [1.165, 1.54) is 12.1 Å². The lowest BCUT2D eigenvalue weighted by Gasteiger charge is -2.31. The lowest BCUT2D eigenvalue weighted by Crippen LogP contribution is -2.39. The van der Waals surface area contributed by atoms with Crippen molar-refractivity contribution in [1.29, 1.82) is 0 Å². The molecule has 172 valence electrons. The van der Waals surface area contributed by atoms with Crippen LogP contribution in [0, 0.1) is 5.82 Å². The molecule has 0 aliphatic carbocycles. The number of hydrogen-bond acceptors (Lipinski definition) is 4. The lowest BCUT2D eigenvalue weighted by molar-refractivity contribution is 0.0224. The Labute approximate surface area is 192 Å². The van der Waals surface area contributed by atoms with Gasteiger partial charge in [0.05, 0.1) is 18.4 Å². The van der Waals surface area contributed by atoms with E-state index in [0.717, 1.165) is 16.7 Å². The molecule has 0 saturated heterocycles. The van der Waals surface area contributed by atoms with Crippen LogP contribution in [0.3, 0.4) is 0 Å². The summed E-state index contributed by atoms with van der Waals surface area (Å²) in [6.45, 7) is 7.02. The first-order valence-corrected chi connectivity index (χ1v) is 10.8.